The average molecular weight is 226 g/mol. The lowest BCUT2D eigenvalue weighted by Crippen LogP contribution is -2.31. The maximum Gasteiger partial charge on any atom is 0.333 e. The fourth-order valence-electron chi connectivity index (χ4n) is 1.95. The minimum Gasteiger partial charge on any atom is -0.466 e. The number of hydrogen-bond donors (Lipinski definition) is 1. The molecule has 0 radical (unpaired) electrons. The van der Waals surface area contributed by atoms with Crippen LogP contribution in [0.4, 0.5) is 0 Å². The summed E-state index contributed by atoms with van der Waals surface area (Å²) in [6.07, 6.45) is 3.84. The molecule has 1 saturated heterocycles. The lowest BCUT2D eigenvalue weighted by atomic mass is 10.2. The molecule has 0 aromatic carbocycles. The molecule has 0 saturated carbocycles. The van der Waals surface area contributed by atoms with Crippen LogP contribution in [0.2, 0.25) is 0 Å². The van der Waals surface area contributed by atoms with Gasteiger partial charge < -0.3 is 15.0 Å². The van der Waals surface area contributed by atoms with Crippen LogP contribution in [0.25, 0.3) is 0 Å². The van der Waals surface area contributed by atoms with Gasteiger partial charge in [-0.25, -0.2) is 4.79 Å². The van der Waals surface area contributed by atoms with Crippen LogP contribution in [0.15, 0.2) is 11.6 Å². The third-order valence-electron chi connectivity index (χ3n) is 2.97. The summed E-state index contributed by atoms with van der Waals surface area (Å²) in [5, 5.41) is 3.43. The van der Waals surface area contributed by atoms with E-state index in [0.29, 0.717) is 6.04 Å². The van der Waals surface area contributed by atoms with Crippen molar-refractivity contribution >= 4 is 5.97 Å². The Bertz CT molecular complexity index is 264. The molecular weight excluding hydrogens is 204 g/mol. The number of nitrogens with one attached hydrogen (secondary N) is 1. The van der Waals surface area contributed by atoms with Gasteiger partial charge in [-0.1, -0.05) is 13.0 Å². The molecule has 4 nitrogen and oxygen atoms in total. The maximum atomic E-state index is 11.3. The number of carbonyl (C=O) groups is 1. The van der Waals surface area contributed by atoms with E-state index in [0.717, 1.165) is 31.6 Å². The summed E-state index contributed by atoms with van der Waals surface area (Å²) in [6, 6.07) is 0.553. The van der Waals surface area contributed by atoms with Gasteiger partial charge in [0.2, 0.25) is 0 Å². The van der Waals surface area contributed by atoms with Gasteiger partial charge in [0.15, 0.2) is 0 Å². The molecule has 1 fully saturated rings. The molecule has 1 heterocycles. The quantitative estimate of drug-likeness (QED) is 0.556. The van der Waals surface area contributed by atoms with Crippen LogP contribution >= 0.6 is 0 Å². The van der Waals surface area contributed by atoms with Gasteiger partial charge in [-0.3, -0.25) is 0 Å². The van der Waals surface area contributed by atoms with Crippen molar-refractivity contribution in [3.8, 4) is 0 Å². The molecule has 16 heavy (non-hydrogen) atoms. The number of likely N-dealkylation sites (N-methyl/N-ethyl adjacent to an activating group) is 1. The van der Waals surface area contributed by atoms with Crippen LogP contribution in [0.3, 0.4) is 0 Å². The molecule has 1 rings (SSSR count). The smallest absolute Gasteiger partial charge is 0.333 e. The molecule has 1 aliphatic rings. The Labute approximate surface area is 97.6 Å². The van der Waals surface area contributed by atoms with E-state index in [1.165, 1.54) is 13.5 Å². The summed E-state index contributed by atoms with van der Waals surface area (Å²) in [5.74, 6) is -0.215. The van der Waals surface area contributed by atoms with Crippen molar-refractivity contribution in [1.29, 1.82) is 0 Å². The zero-order valence-electron chi connectivity index (χ0n) is 10.5. The zero-order valence-corrected chi connectivity index (χ0v) is 10.5. The largest absolute Gasteiger partial charge is 0.466 e. The van der Waals surface area contributed by atoms with Crippen LogP contribution < -0.4 is 5.32 Å². The van der Waals surface area contributed by atoms with E-state index < -0.39 is 0 Å². The predicted octanol–water partition coefficient (Wildman–Crippen LogP) is 0.790. The van der Waals surface area contributed by atoms with Crippen molar-refractivity contribution in [2.24, 2.45) is 0 Å². The predicted molar refractivity (Wildman–Crippen MR) is 64.3 cm³/mol. The highest BCUT2D eigenvalue weighted by Crippen LogP contribution is 2.06. The topological polar surface area (TPSA) is 41.6 Å². The first-order chi connectivity index (χ1) is 7.67. The van der Waals surface area contributed by atoms with E-state index >= 15 is 0 Å². The summed E-state index contributed by atoms with van der Waals surface area (Å²) < 4.78 is 4.70. The summed E-state index contributed by atoms with van der Waals surface area (Å²) in [5.41, 5.74) is 0.751. The summed E-state index contributed by atoms with van der Waals surface area (Å²) in [6.45, 7) is 4.95. The van der Waals surface area contributed by atoms with Gasteiger partial charge >= 0.3 is 5.97 Å². The van der Waals surface area contributed by atoms with Crippen molar-refractivity contribution in [1.82, 2.24) is 10.2 Å². The summed E-state index contributed by atoms with van der Waals surface area (Å²) in [4.78, 5) is 13.6. The van der Waals surface area contributed by atoms with Crippen molar-refractivity contribution < 1.29 is 9.53 Å². The molecule has 1 aliphatic heterocycles. The lowest BCUT2D eigenvalue weighted by Gasteiger charge is -2.11. The van der Waals surface area contributed by atoms with Gasteiger partial charge in [0.05, 0.1) is 7.11 Å². The van der Waals surface area contributed by atoms with Gasteiger partial charge in [0.1, 0.15) is 0 Å². The molecule has 0 aliphatic carbocycles. The van der Waals surface area contributed by atoms with E-state index in [2.05, 4.69) is 17.3 Å². The van der Waals surface area contributed by atoms with Crippen LogP contribution in [0, 0.1) is 0 Å². The minimum absolute atomic E-state index is 0.215. The van der Waals surface area contributed by atoms with Crippen molar-refractivity contribution in [3.63, 3.8) is 0 Å². The highest BCUT2D eigenvalue weighted by Gasteiger charge is 2.18. The highest BCUT2D eigenvalue weighted by atomic mass is 16.5. The first-order valence-electron chi connectivity index (χ1n) is 5.86. The van der Waals surface area contributed by atoms with Gasteiger partial charge in [-0.2, -0.15) is 0 Å². The number of likely N-dealkylation sites (tertiary alicyclic amines) is 1. The second-order valence-electron chi connectivity index (χ2n) is 4.23. The molecule has 0 amide bonds. The SMILES string of the molecule is CCC(=CCNC1CCN(C)C1)C(=O)OC. The van der Waals surface area contributed by atoms with Gasteiger partial charge in [0, 0.05) is 24.7 Å². The molecule has 1 atom stereocenters. The molecule has 0 bridgehead atoms. The molecule has 1 N–H and O–H groups in total. The van der Waals surface area contributed by atoms with Gasteiger partial charge in [-0.05, 0) is 26.4 Å². The van der Waals surface area contributed by atoms with Crippen LogP contribution in [0.5, 0.6) is 0 Å². The Morgan fingerprint density at radius 3 is 2.88 bits per heavy atom. The van der Waals surface area contributed by atoms with E-state index in [9.17, 15) is 4.79 Å². The fraction of sp³-hybridized carbons (Fsp3) is 0.750. The monoisotopic (exact) mass is 226 g/mol. The second kappa shape index (κ2) is 6.66. The first kappa shape index (κ1) is 13.2. The van der Waals surface area contributed by atoms with Crippen molar-refractivity contribution in [2.45, 2.75) is 25.8 Å². The third-order valence-corrected chi connectivity index (χ3v) is 2.97. The number of methoxy groups -OCH3 is 1. The van der Waals surface area contributed by atoms with Gasteiger partial charge in [-0.15, -0.1) is 0 Å². The number of hydrogen-bond acceptors (Lipinski definition) is 4. The Balaban J connectivity index is 2.31. The fourth-order valence-corrected chi connectivity index (χ4v) is 1.95. The van der Waals surface area contributed by atoms with E-state index in [1.807, 2.05) is 13.0 Å². The normalized spacial score (nSPS) is 22.4. The number of nitrogens with zero attached hydrogens (tertiary/aromatic N) is 1. The molecule has 0 spiro atoms. The number of esters is 1. The molecule has 1 unspecified atom stereocenters. The van der Waals surface area contributed by atoms with Crippen LogP contribution in [0.1, 0.15) is 19.8 Å². The Kier molecular flexibility index (Phi) is 5.49. The van der Waals surface area contributed by atoms with Gasteiger partial charge in [0.25, 0.3) is 0 Å². The van der Waals surface area contributed by atoms with Crippen molar-refractivity contribution in [2.75, 3.05) is 33.8 Å². The van der Waals surface area contributed by atoms with Crippen LogP contribution in [-0.2, 0) is 9.53 Å². The molecule has 4 heteroatoms. The third kappa shape index (κ3) is 3.94. The average Bonchev–Trinajstić information content (AvgIpc) is 2.69. The first-order valence-corrected chi connectivity index (χ1v) is 5.86. The standard InChI is InChI=1S/C12H22N2O2/c1-4-10(12(15)16-3)5-7-13-11-6-8-14(2)9-11/h5,11,13H,4,6-9H2,1-3H3. The number of ether oxygens (including phenoxy) is 1. The Morgan fingerprint density at radius 1 is 1.62 bits per heavy atom. The van der Waals surface area contributed by atoms with E-state index in [4.69, 9.17) is 4.74 Å². The van der Waals surface area contributed by atoms with E-state index in [1.54, 1.807) is 0 Å². The highest BCUT2D eigenvalue weighted by molar-refractivity contribution is 5.88. The minimum atomic E-state index is -0.215. The maximum absolute atomic E-state index is 11.3. The lowest BCUT2D eigenvalue weighted by molar-refractivity contribution is -0.136. The Morgan fingerprint density at radius 2 is 2.38 bits per heavy atom. The second-order valence-corrected chi connectivity index (χ2v) is 4.23. The van der Waals surface area contributed by atoms with Crippen molar-refractivity contribution in [3.05, 3.63) is 11.6 Å². The van der Waals surface area contributed by atoms with E-state index in [-0.39, 0.29) is 5.97 Å². The number of rotatable bonds is 5. The molecular formula is C12H22N2O2. The number of carbonyl (C=O) groups excluding carboxylic acids is 1. The Hall–Kier alpha value is -0.870. The summed E-state index contributed by atoms with van der Waals surface area (Å²) in [7, 11) is 3.55. The summed E-state index contributed by atoms with van der Waals surface area (Å²) >= 11 is 0. The molecule has 92 valence electrons. The van der Waals surface area contributed by atoms with Crippen LogP contribution in [-0.4, -0.2) is 50.7 Å². The zero-order chi connectivity index (χ0) is 12.0. The molecule has 0 aromatic heterocycles. The molecule has 0 aromatic rings.